The number of urea groups is 1. The van der Waals surface area contributed by atoms with Crippen molar-refractivity contribution in [3.8, 4) is 0 Å². The number of hydrogen-bond acceptors (Lipinski definition) is 1. The number of rotatable bonds is 14. The lowest BCUT2D eigenvalue weighted by atomic mass is 10.1. The lowest BCUT2D eigenvalue weighted by Gasteiger charge is -2.22. The predicted molar refractivity (Wildman–Crippen MR) is 92.8 cm³/mol. The van der Waals surface area contributed by atoms with E-state index in [-0.39, 0.29) is 6.03 Å². The molecule has 0 fully saturated rings. The molecule has 0 rings (SSSR count). The second-order valence-electron chi connectivity index (χ2n) is 6.05. The molecule has 21 heavy (non-hydrogen) atoms. The summed E-state index contributed by atoms with van der Waals surface area (Å²) in [6.07, 6.45) is 13.6. The Morgan fingerprint density at radius 3 is 1.71 bits per heavy atom. The van der Waals surface area contributed by atoms with Crippen LogP contribution in [0.5, 0.6) is 0 Å². The average molecular weight is 299 g/mol. The van der Waals surface area contributed by atoms with Crippen LogP contribution in [0.4, 0.5) is 4.79 Å². The lowest BCUT2D eigenvalue weighted by molar-refractivity contribution is 0.196. The van der Waals surface area contributed by atoms with Crippen LogP contribution in [0.25, 0.3) is 0 Å². The molecule has 2 amide bonds. The molecule has 0 unspecified atom stereocenters. The molecule has 0 atom stereocenters. The molecule has 0 aromatic rings. The standard InChI is InChI=1S/C18H38N2O/c1-4-7-10-11-12-13-14-15-19-18(21)20(16-8-5-2)17-9-6-3/h4-17H2,1-3H3,(H,19,21). The van der Waals surface area contributed by atoms with Gasteiger partial charge in [-0.1, -0.05) is 72.1 Å². The summed E-state index contributed by atoms with van der Waals surface area (Å²) in [5.41, 5.74) is 0. The van der Waals surface area contributed by atoms with Crippen LogP contribution in [-0.2, 0) is 0 Å². The first-order chi connectivity index (χ1) is 10.3. The first-order valence-electron chi connectivity index (χ1n) is 9.29. The second kappa shape index (κ2) is 15.7. The zero-order chi connectivity index (χ0) is 15.8. The minimum atomic E-state index is 0.142. The number of hydrogen-bond donors (Lipinski definition) is 1. The van der Waals surface area contributed by atoms with Gasteiger partial charge in [-0.2, -0.15) is 0 Å². The van der Waals surface area contributed by atoms with Crippen molar-refractivity contribution in [1.29, 1.82) is 0 Å². The Kier molecular flexibility index (Phi) is 15.1. The van der Waals surface area contributed by atoms with Gasteiger partial charge in [0.1, 0.15) is 0 Å². The van der Waals surface area contributed by atoms with E-state index in [9.17, 15) is 4.79 Å². The highest BCUT2D eigenvalue weighted by molar-refractivity contribution is 5.74. The predicted octanol–water partition coefficient (Wildman–Crippen LogP) is 5.35. The number of nitrogens with zero attached hydrogens (tertiary/aromatic N) is 1. The van der Waals surface area contributed by atoms with Crippen molar-refractivity contribution >= 4 is 6.03 Å². The molecule has 0 aliphatic carbocycles. The molecule has 0 saturated carbocycles. The Balaban J connectivity index is 3.66. The van der Waals surface area contributed by atoms with Crippen LogP contribution < -0.4 is 5.32 Å². The molecule has 0 spiro atoms. The fraction of sp³-hybridized carbons (Fsp3) is 0.944. The Bertz CT molecular complexity index is 223. The summed E-state index contributed by atoms with van der Waals surface area (Å²) in [4.78, 5) is 14.1. The van der Waals surface area contributed by atoms with Gasteiger partial charge in [-0.15, -0.1) is 0 Å². The molecule has 3 nitrogen and oxygen atoms in total. The third-order valence-electron chi connectivity index (χ3n) is 3.91. The van der Waals surface area contributed by atoms with Crippen molar-refractivity contribution in [1.82, 2.24) is 10.2 Å². The number of carbonyl (C=O) groups excluding carboxylic acids is 1. The van der Waals surface area contributed by atoms with Gasteiger partial charge in [0.05, 0.1) is 0 Å². The van der Waals surface area contributed by atoms with Gasteiger partial charge >= 0.3 is 6.03 Å². The quantitative estimate of drug-likeness (QED) is 0.431. The van der Waals surface area contributed by atoms with Crippen LogP contribution >= 0.6 is 0 Å². The number of nitrogens with one attached hydrogen (secondary N) is 1. The van der Waals surface area contributed by atoms with Crippen LogP contribution in [0.1, 0.15) is 91.4 Å². The minimum absolute atomic E-state index is 0.142. The second-order valence-corrected chi connectivity index (χ2v) is 6.05. The van der Waals surface area contributed by atoms with E-state index in [1.807, 2.05) is 4.90 Å². The van der Waals surface area contributed by atoms with E-state index in [0.717, 1.165) is 51.7 Å². The zero-order valence-electron chi connectivity index (χ0n) is 14.8. The summed E-state index contributed by atoms with van der Waals surface area (Å²) in [7, 11) is 0. The van der Waals surface area contributed by atoms with E-state index in [1.165, 1.54) is 38.5 Å². The van der Waals surface area contributed by atoms with E-state index in [2.05, 4.69) is 26.1 Å². The van der Waals surface area contributed by atoms with Crippen LogP contribution in [0, 0.1) is 0 Å². The molecule has 0 aliphatic heterocycles. The van der Waals surface area contributed by atoms with Gasteiger partial charge < -0.3 is 10.2 Å². The average Bonchev–Trinajstić information content (AvgIpc) is 2.50. The Morgan fingerprint density at radius 2 is 1.19 bits per heavy atom. The molecule has 3 heteroatoms. The van der Waals surface area contributed by atoms with Gasteiger partial charge in [-0.25, -0.2) is 4.79 Å². The molecule has 0 radical (unpaired) electrons. The molecule has 0 aromatic heterocycles. The molecular weight excluding hydrogens is 260 g/mol. The van der Waals surface area contributed by atoms with Gasteiger partial charge in [-0.05, 0) is 19.3 Å². The summed E-state index contributed by atoms with van der Waals surface area (Å²) in [6, 6.07) is 0.142. The zero-order valence-corrected chi connectivity index (χ0v) is 14.8. The smallest absolute Gasteiger partial charge is 0.317 e. The lowest BCUT2D eigenvalue weighted by Crippen LogP contribution is -2.41. The molecule has 0 saturated heterocycles. The van der Waals surface area contributed by atoms with Gasteiger partial charge in [0.2, 0.25) is 0 Å². The topological polar surface area (TPSA) is 32.3 Å². The molecule has 0 aliphatic rings. The summed E-state index contributed by atoms with van der Waals surface area (Å²) < 4.78 is 0. The highest BCUT2D eigenvalue weighted by Gasteiger charge is 2.11. The highest BCUT2D eigenvalue weighted by Crippen LogP contribution is 2.06. The van der Waals surface area contributed by atoms with Crippen LogP contribution in [-0.4, -0.2) is 30.6 Å². The highest BCUT2D eigenvalue weighted by atomic mass is 16.2. The first kappa shape index (κ1) is 20.3. The minimum Gasteiger partial charge on any atom is -0.338 e. The van der Waals surface area contributed by atoms with E-state index >= 15 is 0 Å². The summed E-state index contributed by atoms with van der Waals surface area (Å²) in [5.74, 6) is 0. The third kappa shape index (κ3) is 12.7. The largest absolute Gasteiger partial charge is 0.338 e. The monoisotopic (exact) mass is 298 g/mol. The van der Waals surface area contributed by atoms with Gasteiger partial charge in [0, 0.05) is 19.6 Å². The normalized spacial score (nSPS) is 10.6. The van der Waals surface area contributed by atoms with Crippen molar-refractivity contribution in [3.05, 3.63) is 0 Å². The number of carbonyl (C=O) groups is 1. The van der Waals surface area contributed by atoms with E-state index < -0.39 is 0 Å². The first-order valence-corrected chi connectivity index (χ1v) is 9.29. The van der Waals surface area contributed by atoms with Crippen LogP contribution in [0.15, 0.2) is 0 Å². The maximum atomic E-state index is 12.1. The third-order valence-corrected chi connectivity index (χ3v) is 3.91. The molecule has 1 N–H and O–H groups in total. The van der Waals surface area contributed by atoms with Gasteiger partial charge in [0.15, 0.2) is 0 Å². The molecule has 126 valence electrons. The summed E-state index contributed by atoms with van der Waals surface area (Å²) in [6.45, 7) is 9.24. The molecule has 0 bridgehead atoms. The maximum absolute atomic E-state index is 12.1. The maximum Gasteiger partial charge on any atom is 0.317 e. The Labute approximate surface area is 132 Å². The summed E-state index contributed by atoms with van der Waals surface area (Å²) >= 11 is 0. The Morgan fingerprint density at radius 1 is 0.714 bits per heavy atom. The SMILES string of the molecule is CCCCCCCCCNC(=O)N(CCCC)CCCC. The van der Waals surface area contributed by atoms with E-state index in [0.29, 0.717) is 0 Å². The van der Waals surface area contributed by atoms with E-state index in [1.54, 1.807) is 0 Å². The fourth-order valence-corrected chi connectivity index (χ4v) is 2.40. The fourth-order valence-electron chi connectivity index (χ4n) is 2.40. The van der Waals surface area contributed by atoms with Crippen LogP contribution in [0.2, 0.25) is 0 Å². The summed E-state index contributed by atoms with van der Waals surface area (Å²) in [5, 5.41) is 3.09. The van der Waals surface area contributed by atoms with Crippen molar-refractivity contribution in [3.63, 3.8) is 0 Å². The van der Waals surface area contributed by atoms with Crippen LogP contribution in [0.3, 0.4) is 0 Å². The molecular formula is C18H38N2O. The molecule has 0 aromatic carbocycles. The number of unbranched alkanes of at least 4 members (excludes halogenated alkanes) is 8. The molecule has 0 heterocycles. The van der Waals surface area contributed by atoms with Crippen molar-refractivity contribution in [2.24, 2.45) is 0 Å². The van der Waals surface area contributed by atoms with Crippen molar-refractivity contribution in [2.45, 2.75) is 91.4 Å². The number of amides is 2. The van der Waals surface area contributed by atoms with Crippen molar-refractivity contribution < 1.29 is 4.79 Å². The van der Waals surface area contributed by atoms with Gasteiger partial charge in [-0.3, -0.25) is 0 Å². The van der Waals surface area contributed by atoms with Gasteiger partial charge in [0.25, 0.3) is 0 Å². The van der Waals surface area contributed by atoms with Crippen molar-refractivity contribution in [2.75, 3.05) is 19.6 Å². The Hall–Kier alpha value is -0.730. The van der Waals surface area contributed by atoms with E-state index in [4.69, 9.17) is 0 Å².